The van der Waals surface area contributed by atoms with Crippen LogP contribution in [0.25, 0.3) is 0 Å². The van der Waals surface area contributed by atoms with Gasteiger partial charge in [-0.05, 0) is 26.7 Å². The number of hydrogen-bond acceptors (Lipinski definition) is 4. The summed E-state index contributed by atoms with van der Waals surface area (Å²) in [6.45, 7) is 4.91. The third-order valence-electron chi connectivity index (χ3n) is 2.51. The first-order valence-corrected chi connectivity index (χ1v) is 5.38. The Morgan fingerprint density at radius 3 is 2.80 bits per heavy atom. The van der Waals surface area contributed by atoms with E-state index in [4.69, 9.17) is 4.74 Å². The largest absolute Gasteiger partial charge is 0.461 e. The summed E-state index contributed by atoms with van der Waals surface area (Å²) < 4.78 is 6.75. The Morgan fingerprint density at radius 2 is 2.27 bits per heavy atom. The van der Waals surface area contributed by atoms with Crippen molar-refractivity contribution in [2.24, 2.45) is 0 Å². The number of hydrogen-bond donors (Lipinski definition) is 0. The van der Waals surface area contributed by atoms with Crippen molar-refractivity contribution in [1.82, 2.24) is 15.0 Å². The van der Waals surface area contributed by atoms with Crippen LogP contribution in [-0.4, -0.2) is 27.6 Å². The SMILES string of the molecule is CCOC(=O)c1nnn(CC)c1C1CC1. The fraction of sp³-hybridized carbons (Fsp3) is 0.700. The van der Waals surface area contributed by atoms with E-state index in [0.29, 0.717) is 18.2 Å². The lowest BCUT2D eigenvalue weighted by molar-refractivity contribution is 0.0518. The monoisotopic (exact) mass is 209 g/mol. The zero-order chi connectivity index (χ0) is 10.8. The van der Waals surface area contributed by atoms with Crippen molar-refractivity contribution in [3.63, 3.8) is 0 Å². The van der Waals surface area contributed by atoms with E-state index in [1.165, 1.54) is 0 Å². The summed E-state index contributed by atoms with van der Waals surface area (Å²) in [6.07, 6.45) is 2.25. The summed E-state index contributed by atoms with van der Waals surface area (Å²) in [5.74, 6) is 0.110. The van der Waals surface area contributed by atoms with Crippen molar-refractivity contribution in [3.8, 4) is 0 Å². The number of esters is 1. The summed E-state index contributed by atoms with van der Waals surface area (Å²) in [5.41, 5.74) is 1.36. The van der Waals surface area contributed by atoms with Gasteiger partial charge in [0.2, 0.25) is 0 Å². The molecule has 5 nitrogen and oxygen atoms in total. The molecule has 5 heteroatoms. The van der Waals surface area contributed by atoms with Crippen molar-refractivity contribution >= 4 is 5.97 Å². The van der Waals surface area contributed by atoms with Crippen LogP contribution in [-0.2, 0) is 11.3 Å². The first-order valence-electron chi connectivity index (χ1n) is 5.38. The fourth-order valence-corrected chi connectivity index (χ4v) is 1.66. The Morgan fingerprint density at radius 1 is 1.53 bits per heavy atom. The molecule has 1 aliphatic carbocycles. The van der Waals surface area contributed by atoms with E-state index in [-0.39, 0.29) is 5.97 Å². The van der Waals surface area contributed by atoms with Crippen LogP contribution in [0, 0.1) is 0 Å². The molecule has 0 atom stereocenters. The van der Waals surface area contributed by atoms with Gasteiger partial charge >= 0.3 is 5.97 Å². The number of aromatic nitrogens is 3. The Kier molecular flexibility index (Phi) is 2.70. The molecular weight excluding hydrogens is 194 g/mol. The van der Waals surface area contributed by atoms with Crippen molar-refractivity contribution < 1.29 is 9.53 Å². The second-order valence-electron chi connectivity index (χ2n) is 3.63. The molecule has 15 heavy (non-hydrogen) atoms. The molecule has 0 saturated heterocycles. The fourth-order valence-electron chi connectivity index (χ4n) is 1.66. The maximum atomic E-state index is 11.6. The van der Waals surface area contributed by atoms with Crippen LogP contribution in [0.5, 0.6) is 0 Å². The summed E-state index contributed by atoms with van der Waals surface area (Å²) in [7, 11) is 0. The number of carbonyl (C=O) groups excluding carboxylic acids is 1. The summed E-state index contributed by atoms with van der Waals surface area (Å²) in [5, 5.41) is 7.87. The van der Waals surface area contributed by atoms with Gasteiger partial charge < -0.3 is 4.74 Å². The average Bonchev–Trinajstić information content (AvgIpc) is 2.97. The van der Waals surface area contributed by atoms with E-state index in [2.05, 4.69) is 10.3 Å². The first-order chi connectivity index (χ1) is 7.27. The minimum Gasteiger partial charge on any atom is -0.461 e. The molecule has 0 radical (unpaired) electrons. The van der Waals surface area contributed by atoms with Crippen molar-refractivity contribution in [1.29, 1.82) is 0 Å². The van der Waals surface area contributed by atoms with Crippen LogP contribution in [0.1, 0.15) is 48.8 Å². The third kappa shape index (κ3) is 1.86. The van der Waals surface area contributed by atoms with E-state index in [1.54, 1.807) is 11.6 Å². The minimum atomic E-state index is -0.348. The van der Waals surface area contributed by atoms with Gasteiger partial charge in [0.15, 0.2) is 5.69 Å². The van der Waals surface area contributed by atoms with Gasteiger partial charge in [-0.3, -0.25) is 0 Å². The first kappa shape index (κ1) is 10.1. The Bertz CT molecular complexity index is 369. The van der Waals surface area contributed by atoms with Gasteiger partial charge in [-0.2, -0.15) is 0 Å². The minimum absolute atomic E-state index is 0.348. The van der Waals surface area contributed by atoms with Crippen LogP contribution in [0.4, 0.5) is 0 Å². The maximum absolute atomic E-state index is 11.6. The third-order valence-corrected chi connectivity index (χ3v) is 2.51. The lowest BCUT2D eigenvalue weighted by Crippen LogP contribution is -2.09. The number of rotatable bonds is 4. The Balaban J connectivity index is 2.29. The molecule has 1 aliphatic rings. The molecule has 1 saturated carbocycles. The zero-order valence-electron chi connectivity index (χ0n) is 9.06. The van der Waals surface area contributed by atoms with Gasteiger partial charge in [0.1, 0.15) is 0 Å². The van der Waals surface area contributed by atoms with Gasteiger partial charge in [0, 0.05) is 12.5 Å². The van der Waals surface area contributed by atoms with Crippen molar-refractivity contribution in [2.75, 3.05) is 6.61 Å². The smallest absolute Gasteiger partial charge is 0.360 e. The zero-order valence-corrected chi connectivity index (χ0v) is 9.06. The summed E-state index contributed by atoms with van der Waals surface area (Å²) in [4.78, 5) is 11.6. The molecule has 0 unspecified atom stereocenters. The van der Waals surface area contributed by atoms with E-state index in [1.807, 2.05) is 6.92 Å². The van der Waals surface area contributed by atoms with Gasteiger partial charge in [0.25, 0.3) is 0 Å². The summed E-state index contributed by atoms with van der Waals surface area (Å²) in [6, 6.07) is 0. The molecule has 0 spiro atoms. The molecule has 1 aromatic rings. The average molecular weight is 209 g/mol. The predicted octanol–water partition coefficient (Wildman–Crippen LogP) is 1.35. The van der Waals surface area contributed by atoms with E-state index < -0.39 is 0 Å². The van der Waals surface area contributed by atoms with Crippen LogP contribution in [0.3, 0.4) is 0 Å². The van der Waals surface area contributed by atoms with Crippen LogP contribution in [0.15, 0.2) is 0 Å². The van der Waals surface area contributed by atoms with Gasteiger partial charge in [-0.15, -0.1) is 5.10 Å². The molecule has 1 heterocycles. The number of carbonyl (C=O) groups is 1. The highest BCUT2D eigenvalue weighted by Crippen LogP contribution is 2.41. The highest BCUT2D eigenvalue weighted by atomic mass is 16.5. The molecule has 1 aromatic heterocycles. The number of nitrogens with zero attached hydrogens (tertiary/aromatic N) is 3. The van der Waals surface area contributed by atoms with E-state index in [9.17, 15) is 4.79 Å². The van der Waals surface area contributed by atoms with E-state index in [0.717, 1.165) is 25.1 Å². The maximum Gasteiger partial charge on any atom is 0.360 e. The summed E-state index contributed by atoms with van der Waals surface area (Å²) >= 11 is 0. The second-order valence-corrected chi connectivity index (χ2v) is 3.63. The van der Waals surface area contributed by atoms with Crippen molar-refractivity contribution in [2.45, 2.75) is 39.2 Å². The highest BCUT2D eigenvalue weighted by molar-refractivity contribution is 5.88. The molecule has 82 valence electrons. The van der Waals surface area contributed by atoms with Gasteiger partial charge in [-0.25, -0.2) is 9.48 Å². The molecule has 0 N–H and O–H groups in total. The van der Waals surface area contributed by atoms with Crippen LogP contribution in [0.2, 0.25) is 0 Å². The molecule has 0 amide bonds. The Hall–Kier alpha value is -1.39. The Labute approximate surface area is 88.4 Å². The number of ether oxygens (including phenoxy) is 1. The topological polar surface area (TPSA) is 57.0 Å². The van der Waals surface area contributed by atoms with Crippen molar-refractivity contribution in [3.05, 3.63) is 11.4 Å². The molecule has 1 fully saturated rings. The molecule has 0 aliphatic heterocycles. The van der Waals surface area contributed by atoms with Crippen LogP contribution >= 0.6 is 0 Å². The lowest BCUT2D eigenvalue weighted by atomic mass is 10.2. The highest BCUT2D eigenvalue weighted by Gasteiger charge is 2.33. The molecule has 0 bridgehead atoms. The lowest BCUT2D eigenvalue weighted by Gasteiger charge is -2.03. The quantitative estimate of drug-likeness (QED) is 0.702. The van der Waals surface area contributed by atoms with Gasteiger partial charge in [0.05, 0.1) is 12.3 Å². The predicted molar refractivity (Wildman–Crippen MR) is 53.6 cm³/mol. The molecule has 0 aromatic carbocycles. The number of aryl methyl sites for hydroxylation is 1. The van der Waals surface area contributed by atoms with Gasteiger partial charge in [-0.1, -0.05) is 5.21 Å². The normalized spacial score (nSPS) is 15.3. The van der Waals surface area contributed by atoms with E-state index >= 15 is 0 Å². The van der Waals surface area contributed by atoms with Crippen LogP contribution < -0.4 is 0 Å². The molecule has 2 rings (SSSR count). The molecular formula is C10H15N3O2. The second kappa shape index (κ2) is 4.00. The standard InChI is InChI=1S/C10H15N3O2/c1-3-13-9(7-5-6-7)8(11-12-13)10(14)15-4-2/h7H,3-6H2,1-2H3.